The van der Waals surface area contributed by atoms with Crippen LogP contribution in [0.2, 0.25) is 15.1 Å². The molecule has 3 amide bonds. The fourth-order valence-corrected chi connectivity index (χ4v) is 15.0. The number of nitrogens with one attached hydrogen (secondary N) is 3. The molecule has 522 valence electrons. The lowest BCUT2D eigenvalue weighted by molar-refractivity contribution is 0.0124. The maximum absolute atomic E-state index is 13.6. The number of ether oxygens (including phenoxy) is 1. The molecule has 2 saturated heterocycles. The summed E-state index contributed by atoms with van der Waals surface area (Å²) < 4.78 is 11.2. The van der Waals surface area contributed by atoms with E-state index in [0.29, 0.717) is 54.3 Å². The lowest BCUT2D eigenvalue weighted by Gasteiger charge is -2.28. The highest BCUT2D eigenvalue weighted by atomic mass is 35.5. The lowest BCUT2D eigenvalue weighted by Crippen LogP contribution is -2.48. The van der Waals surface area contributed by atoms with Crippen molar-refractivity contribution in [1.82, 2.24) is 70.5 Å². The summed E-state index contributed by atoms with van der Waals surface area (Å²) in [5, 5.41) is 24.0. The molecule has 0 unspecified atom stereocenters. The van der Waals surface area contributed by atoms with Gasteiger partial charge in [0.1, 0.15) is 0 Å². The summed E-state index contributed by atoms with van der Waals surface area (Å²) >= 11 is 18.3. The molecule has 1 atom stereocenters. The van der Waals surface area contributed by atoms with Crippen molar-refractivity contribution in [1.29, 1.82) is 0 Å². The monoisotopic (exact) mass is 1410 g/mol. The third kappa shape index (κ3) is 17.7. The Morgan fingerprint density at radius 3 is 1.11 bits per heavy atom. The Morgan fingerprint density at radius 2 is 0.743 bits per heavy atom. The molecule has 2 aliphatic heterocycles. The molecule has 18 nitrogen and oxygen atoms in total. The molecule has 6 aliphatic rings. The van der Waals surface area contributed by atoms with Gasteiger partial charge in [-0.15, -0.1) is 0 Å². The molecule has 101 heavy (non-hydrogen) atoms. The largest absolute Gasteiger partial charge is 0.379 e. The number of carbonyl (C=O) groups is 3. The summed E-state index contributed by atoms with van der Waals surface area (Å²) in [6.07, 6.45) is 38.3. The van der Waals surface area contributed by atoms with Crippen LogP contribution in [-0.2, 0) is 24.0 Å². The number of allylic oxidation sites excluding steroid dienone is 3. The van der Waals surface area contributed by atoms with E-state index in [-0.39, 0.29) is 23.8 Å². The first-order valence-corrected chi connectivity index (χ1v) is 37.1. The number of rotatable bonds is 13. The van der Waals surface area contributed by atoms with E-state index in [2.05, 4.69) is 56.3 Å². The number of aromatic nitrogens is 9. The number of hydrazine groups is 2. The van der Waals surface area contributed by atoms with Crippen molar-refractivity contribution in [3.05, 3.63) is 229 Å². The SMILES string of the molecule is C[C@H](NC(=O)c1nn(-c2ccncc2)c2c1CCCC/C2=C\c1ccc(Cl)cc1)C1CCCCC1.O=C(NN1CCCCC1)c1nn(-c2ccncc2)c2c1CCCC/C2=C\c1ccc(Cl)cc1.O=C(NN1CCOCC1)c1nn(-c2ccncc2)c2c1CCCC/C2=C\c1ccc(Cl)cc1. The van der Waals surface area contributed by atoms with Gasteiger partial charge < -0.3 is 10.1 Å². The van der Waals surface area contributed by atoms with Crippen molar-refractivity contribution in [2.45, 2.75) is 141 Å². The molecule has 0 radical (unpaired) electrons. The van der Waals surface area contributed by atoms with Gasteiger partial charge in [-0.3, -0.25) is 40.2 Å². The van der Waals surface area contributed by atoms with Crippen LogP contribution >= 0.6 is 34.8 Å². The Bertz CT molecular complexity index is 4200. The molecule has 6 aromatic heterocycles. The Labute approximate surface area is 606 Å². The average molecular weight is 1420 g/mol. The third-order valence-electron chi connectivity index (χ3n) is 19.8. The van der Waals surface area contributed by atoms with Gasteiger partial charge in [-0.2, -0.15) is 15.3 Å². The average Bonchev–Trinajstić information content (AvgIpc) is 1.63. The number of benzene rings is 3. The molecule has 3 N–H and O–H groups in total. The topological polar surface area (TPSA) is 195 Å². The molecule has 9 aromatic rings. The minimum absolute atomic E-state index is 0.0557. The number of fused-ring (bicyclic) bond motifs is 3. The van der Waals surface area contributed by atoms with Crippen molar-refractivity contribution in [3.8, 4) is 17.1 Å². The fraction of sp³-hybridized carbons (Fsp3) is 0.362. The zero-order chi connectivity index (χ0) is 69.4. The van der Waals surface area contributed by atoms with Gasteiger partial charge in [0.2, 0.25) is 0 Å². The van der Waals surface area contributed by atoms with Crippen LogP contribution in [0.3, 0.4) is 0 Å². The minimum atomic E-state index is -0.173. The smallest absolute Gasteiger partial charge is 0.286 e. The third-order valence-corrected chi connectivity index (χ3v) is 20.6. The molecular formula is C80H87Cl3N14O4. The highest BCUT2D eigenvalue weighted by Gasteiger charge is 2.33. The highest BCUT2D eigenvalue weighted by molar-refractivity contribution is 6.31. The molecule has 15 rings (SSSR count). The van der Waals surface area contributed by atoms with E-state index in [1.807, 2.05) is 133 Å². The van der Waals surface area contributed by atoms with Gasteiger partial charge in [0.05, 0.1) is 47.4 Å². The van der Waals surface area contributed by atoms with E-state index in [1.165, 1.54) is 55.2 Å². The van der Waals surface area contributed by atoms with E-state index in [1.54, 1.807) is 37.2 Å². The number of carbonyl (C=O) groups excluding carboxylic acids is 3. The maximum Gasteiger partial charge on any atom is 0.286 e. The summed E-state index contributed by atoms with van der Waals surface area (Å²) in [6, 6.07) is 35.3. The zero-order valence-electron chi connectivity index (χ0n) is 57.3. The fourth-order valence-electron chi connectivity index (χ4n) is 14.6. The van der Waals surface area contributed by atoms with Crippen molar-refractivity contribution in [2.24, 2.45) is 5.92 Å². The van der Waals surface area contributed by atoms with Crippen LogP contribution in [0.5, 0.6) is 0 Å². The van der Waals surface area contributed by atoms with E-state index < -0.39 is 0 Å². The van der Waals surface area contributed by atoms with E-state index >= 15 is 0 Å². The van der Waals surface area contributed by atoms with Gasteiger partial charge in [-0.05, 0) is 240 Å². The number of pyridine rings is 3. The van der Waals surface area contributed by atoms with Crippen LogP contribution in [0, 0.1) is 5.92 Å². The number of morpholine rings is 1. The van der Waals surface area contributed by atoms with Gasteiger partial charge in [-0.25, -0.2) is 24.1 Å². The number of piperidine rings is 1. The summed E-state index contributed by atoms with van der Waals surface area (Å²) in [5.74, 6) is 0.205. The molecule has 3 aromatic carbocycles. The van der Waals surface area contributed by atoms with Crippen LogP contribution in [-0.4, -0.2) is 117 Å². The Kier molecular flexibility index (Phi) is 23.9. The van der Waals surface area contributed by atoms with Crippen molar-refractivity contribution >= 4 is 87.5 Å². The lowest BCUT2D eigenvalue weighted by atomic mass is 9.84. The van der Waals surface area contributed by atoms with Crippen LogP contribution in [0.1, 0.15) is 198 Å². The van der Waals surface area contributed by atoms with Gasteiger partial charge in [0, 0.05) is 101 Å². The molecule has 0 bridgehead atoms. The molecular weight excluding hydrogens is 1330 g/mol. The predicted molar refractivity (Wildman–Crippen MR) is 401 cm³/mol. The molecule has 0 spiro atoms. The first-order valence-electron chi connectivity index (χ1n) is 35.9. The van der Waals surface area contributed by atoms with Gasteiger partial charge in [0.15, 0.2) is 17.1 Å². The van der Waals surface area contributed by atoms with E-state index in [9.17, 15) is 14.4 Å². The summed E-state index contributed by atoms with van der Waals surface area (Å²) in [4.78, 5) is 52.8. The highest BCUT2D eigenvalue weighted by Crippen LogP contribution is 2.39. The quantitative estimate of drug-likeness (QED) is 0.0926. The van der Waals surface area contributed by atoms with Crippen LogP contribution in [0.25, 0.3) is 52.0 Å². The molecule has 3 fully saturated rings. The Balaban J connectivity index is 0.000000136. The standard InChI is InChI=1S/C29H33ClN4O.C26H28ClN5O.C25H26ClN5O2/c1-20(22-7-3-2-4-8-22)32-29(35)27-26-10-6-5-9-23(19-21-11-13-24(30)14-12-21)28(26)34(33-27)25-15-17-31-18-16-25;27-21-10-8-19(9-11-21)18-20-6-2-3-7-23-24(26(33)30-31-16-4-1-5-17-31)29-32(25(20)23)22-12-14-28-15-13-22;26-20-7-5-18(6-8-20)17-19-3-1-2-4-22-23(25(32)29-30-13-15-33-16-14-30)28-31(24(19)22)21-9-11-27-12-10-21/h11-20,22H,2-10H2,1H3,(H,32,35);8-15,18H,1-7,16-17H2,(H,30,33);5-12,17H,1-4,13-16H2,(H,29,32)/b23-19+;20-18+;19-17+/t20-;;/m0../s1. The summed E-state index contributed by atoms with van der Waals surface area (Å²) in [7, 11) is 0. The Morgan fingerprint density at radius 1 is 0.416 bits per heavy atom. The van der Waals surface area contributed by atoms with Gasteiger partial charge >= 0.3 is 0 Å². The minimum Gasteiger partial charge on any atom is -0.379 e. The number of hydrogen-bond donors (Lipinski definition) is 3. The molecule has 1 saturated carbocycles. The maximum atomic E-state index is 13.6. The molecule has 8 heterocycles. The second kappa shape index (κ2) is 34.2. The van der Waals surface area contributed by atoms with E-state index in [4.69, 9.17) is 54.8 Å². The molecule has 4 aliphatic carbocycles. The normalized spacial score (nSPS) is 18.2. The van der Waals surface area contributed by atoms with Crippen LogP contribution < -0.4 is 16.2 Å². The number of amides is 3. The van der Waals surface area contributed by atoms with Crippen molar-refractivity contribution in [2.75, 3.05) is 39.4 Å². The van der Waals surface area contributed by atoms with Crippen LogP contribution in [0.15, 0.2) is 146 Å². The van der Waals surface area contributed by atoms with Crippen molar-refractivity contribution in [3.63, 3.8) is 0 Å². The van der Waals surface area contributed by atoms with Gasteiger partial charge in [-0.1, -0.05) is 96.9 Å². The zero-order valence-corrected chi connectivity index (χ0v) is 59.6. The predicted octanol–water partition coefficient (Wildman–Crippen LogP) is 16.4. The molecule has 21 heteroatoms. The van der Waals surface area contributed by atoms with Crippen molar-refractivity contribution < 1.29 is 19.1 Å². The number of hydrogen-bond acceptors (Lipinski definition) is 12. The first-order chi connectivity index (χ1) is 49.5. The van der Waals surface area contributed by atoms with Gasteiger partial charge in [0.25, 0.3) is 17.7 Å². The summed E-state index contributed by atoms with van der Waals surface area (Å²) in [6.45, 7) is 6.48. The number of nitrogens with zero attached hydrogens (tertiary/aromatic N) is 11. The Hall–Kier alpha value is -8.88. The first kappa shape index (κ1) is 70.6. The number of halogens is 3. The second-order valence-electron chi connectivity index (χ2n) is 26.9. The van der Waals surface area contributed by atoms with Crippen LogP contribution in [0.4, 0.5) is 0 Å². The van der Waals surface area contributed by atoms with E-state index in [0.717, 1.165) is 181 Å². The summed E-state index contributed by atoms with van der Waals surface area (Å²) in [5.41, 5.74) is 23.4. The second-order valence-corrected chi connectivity index (χ2v) is 28.2.